The zero-order valence-electron chi connectivity index (χ0n) is 14.8. The first-order valence-electron chi connectivity index (χ1n) is 8.50. The van der Waals surface area contributed by atoms with E-state index in [0.29, 0.717) is 5.76 Å². The van der Waals surface area contributed by atoms with Gasteiger partial charge in [0.1, 0.15) is 5.76 Å². The maximum atomic E-state index is 11.8. The molecule has 0 bridgehead atoms. The van der Waals surface area contributed by atoms with Crippen LogP contribution in [0.3, 0.4) is 0 Å². The van der Waals surface area contributed by atoms with Crippen LogP contribution in [-0.4, -0.2) is 28.3 Å². The van der Waals surface area contributed by atoms with E-state index in [-0.39, 0.29) is 17.6 Å². The topological polar surface area (TPSA) is 84.5 Å². The normalized spacial score (nSPS) is 19.8. The molecule has 0 radical (unpaired) electrons. The van der Waals surface area contributed by atoms with E-state index >= 15 is 0 Å². The molecule has 1 rings (SSSR count). The van der Waals surface area contributed by atoms with Crippen LogP contribution >= 0.6 is 11.8 Å². The highest BCUT2D eigenvalue weighted by Crippen LogP contribution is 2.43. The molecule has 24 heavy (non-hydrogen) atoms. The zero-order chi connectivity index (χ0) is 18.0. The standard InChI is InChI=1S/C17H28N2O4S/c1-4-5-6-7-8-9-10-17(3)14(11-16(22)24-17)23-12-15(21)19-18-13(2)20/h11H,4-10,12H2,1-3H3,(H,18,20)(H,19,21). The third-order valence-electron chi connectivity index (χ3n) is 3.84. The summed E-state index contributed by atoms with van der Waals surface area (Å²) in [4.78, 5) is 34.1. The molecular weight excluding hydrogens is 328 g/mol. The van der Waals surface area contributed by atoms with Crippen molar-refractivity contribution >= 4 is 28.7 Å². The van der Waals surface area contributed by atoms with Gasteiger partial charge in [-0.2, -0.15) is 0 Å². The van der Waals surface area contributed by atoms with Gasteiger partial charge in [-0.25, -0.2) is 0 Å². The minimum absolute atomic E-state index is 0.0410. The van der Waals surface area contributed by atoms with E-state index in [9.17, 15) is 14.4 Å². The van der Waals surface area contributed by atoms with Gasteiger partial charge in [-0.1, -0.05) is 57.2 Å². The third kappa shape index (κ3) is 7.38. The molecule has 0 aromatic heterocycles. The van der Waals surface area contributed by atoms with Gasteiger partial charge in [-0.3, -0.25) is 25.2 Å². The number of hydrogen-bond acceptors (Lipinski definition) is 5. The number of amides is 2. The van der Waals surface area contributed by atoms with E-state index < -0.39 is 10.7 Å². The molecule has 0 saturated carbocycles. The van der Waals surface area contributed by atoms with Crippen molar-refractivity contribution < 1.29 is 19.1 Å². The summed E-state index contributed by atoms with van der Waals surface area (Å²) in [5, 5.41) is -0.0410. The van der Waals surface area contributed by atoms with Crippen LogP contribution in [0.1, 0.15) is 65.7 Å². The maximum Gasteiger partial charge on any atom is 0.276 e. The number of carbonyl (C=O) groups excluding carboxylic acids is 3. The number of ether oxygens (including phenoxy) is 1. The first-order chi connectivity index (χ1) is 11.4. The van der Waals surface area contributed by atoms with Crippen molar-refractivity contribution in [1.82, 2.24) is 10.9 Å². The van der Waals surface area contributed by atoms with Gasteiger partial charge in [-0.05, 0) is 13.3 Å². The highest BCUT2D eigenvalue weighted by Gasteiger charge is 2.39. The molecule has 1 aliphatic heterocycles. The Bertz CT molecular complexity index is 493. The molecule has 0 aromatic carbocycles. The maximum absolute atomic E-state index is 11.8. The summed E-state index contributed by atoms with van der Waals surface area (Å²) in [6.45, 7) is 5.24. The van der Waals surface area contributed by atoms with Gasteiger partial charge >= 0.3 is 0 Å². The van der Waals surface area contributed by atoms with Crippen LogP contribution in [-0.2, 0) is 19.1 Å². The lowest BCUT2D eigenvalue weighted by atomic mass is 9.99. The first-order valence-corrected chi connectivity index (χ1v) is 9.32. The lowest BCUT2D eigenvalue weighted by Gasteiger charge is -2.25. The first kappa shape index (κ1) is 20.5. The molecule has 0 aromatic rings. The lowest BCUT2D eigenvalue weighted by Crippen LogP contribution is -2.42. The largest absolute Gasteiger partial charge is 0.486 e. The predicted octanol–water partition coefficient (Wildman–Crippen LogP) is 2.84. The van der Waals surface area contributed by atoms with E-state index in [1.807, 2.05) is 6.92 Å². The number of nitrogens with one attached hydrogen (secondary N) is 2. The van der Waals surface area contributed by atoms with E-state index in [1.54, 1.807) is 0 Å². The number of hydrazine groups is 1. The van der Waals surface area contributed by atoms with E-state index in [4.69, 9.17) is 4.74 Å². The average molecular weight is 356 g/mol. The van der Waals surface area contributed by atoms with Crippen LogP contribution in [0.2, 0.25) is 0 Å². The fourth-order valence-electron chi connectivity index (χ4n) is 2.51. The molecule has 1 heterocycles. The highest BCUT2D eigenvalue weighted by molar-refractivity contribution is 8.15. The summed E-state index contributed by atoms with van der Waals surface area (Å²) < 4.78 is 5.13. The Morgan fingerprint density at radius 2 is 1.83 bits per heavy atom. The SMILES string of the molecule is CCCCCCCCC1(C)SC(=O)C=C1OCC(=O)NNC(C)=O. The summed E-state index contributed by atoms with van der Waals surface area (Å²) in [7, 11) is 0. The van der Waals surface area contributed by atoms with Crippen LogP contribution < -0.4 is 10.9 Å². The Morgan fingerprint density at radius 1 is 1.17 bits per heavy atom. The fourth-order valence-corrected chi connectivity index (χ4v) is 3.58. The Kier molecular flexibility index (Phi) is 8.89. The van der Waals surface area contributed by atoms with E-state index in [0.717, 1.165) is 19.3 Å². The van der Waals surface area contributed by atoms with Crippen LogP contribution in [0.15, 0.2) is 11.8 Å². The molecule has 7 heteroatoms. The molecule has 136 valence electrons. The van der Waals surface area contributed by atoms with Gasteiger partial charge in [0.2, 0.25) is 11.0 Å². The van der Waals surface area contributed by atoms with Crippen molar-refractivity contribution in [2.24, 2.45) is 0 Å². The Hall–Kier alpha value is -1.50. The van der Waals surface area contributed by atoms with Crippen molar-refractivity contribution in [1.29, 1.82) is 0 Å². The molecule has 2 amide bonds. The number of rotatable bonds is 10. The Balaban J connectivity index is 2.40. The number of thioether (sulfide) groups is 1. The number of carbonyl (C=O) groups is 3. The van der Waals surface area contributed by atoms with Crippen LogP contribution in [0.4, 0.5) is 0 Å². The molecular formula is C17H28N2O4S. The summed E-state index contributed by atoms with van der Waals surface area (Å²) in [6, 6.07) is 0. The van der Waals surface area contributed by atoms with Gasteiger partial charge in [-0.15, -0.1) is 0 Å². The quantitative estimate of drug-likeness (QED) is 0.464. The Morgan fingerprint density at radius 3 is 2.50 bits per heavy atom. The smallest absolute Gasteiger partial charge is 0.276 e. The van der Waals surface area contributed by atoms with Gasteiger partial charge in [0.05, 0.1) is 4.75 Å². The molecule has 0 fully saturated rings. The predicted molar refractivity (Wildman–Crippen MR) is 95.0 cm³/mol. The number of unbranched alkanes of at least 4 members (excludes halogenated alkanes) is 5. The van der Waals surface area contributed by atoms with E-state index in [2.05, 4.69) is 17.8 Å². The van der Waals surface area contributed by atoms with Crippen molar-refractivity contribution in [2.75, 3.05) is 6.61 Å². The van der Waals surface area contributed by atoms with Crippen molar-refractivity contribution in [3.05, 3.63) is 11.8 Å². The molecule has 0 saturated heterocycles. The second-order valence-electron chi connectivity index (χ2n) is 6.20. The average Bonchev–Trinajstić information content (AvgIpc) is 2.80. The molecule has 1 unspecified atom stereocenters. The van der Waals surface area contributed by atoms with Crippen molar-refractivity contribution in [2.45, 2.75) is 70.5 Å². The lowest BCUT2D eigenvalue weighted by molar-refractivity contribution is -0.130. The molecule has 0 spiro atoms. The van der Waals surface area contributed by atoms with Gasteiger partial charge < -0.3 is 4.74 Å². The van der Waals surface area contributed by atoms with Gasteiger partial charge in [0.25, 0.3) is 5.91 Å². The second kappa shape index (κ2) is 10.4. The Labute approximate surface area is 148 Å². The van der Waals surface area contributed by atoms with Crippen LogP contribution in [0.25, 0.3) is 0 Å². The van der Waals surface area contributed by atoms with Gasteiger partial charge in [0, 0.05) is 13.0 Å². The summed E-state index contributed by atoms with van der Waals surface area (Å²) in [5.74, 6) is -0.275. The van der Waals surface area contributed by atoms with Crippen molar-refractivity contribution in [3.8, 4) is 0 Å². The molecule has 0 aliphatic carbocycles. The van der Waals surface area contributed by atoms with Gasteiger partial charge in [0.15, 0.2) is 6.61 Å². The number of hydrogen-bond donors (Lipinski definition) is 2. The summed E-state index contributed by atoms with van der Waals surface area (Å²) >= 11 is 1.26. The molecule has 2 N–H and O–H groups in total. The second-order valence-corrected chi connectivity index (χ2v) is 7.70. The third-order valence-corrected chi connectivity index (χ3v) is 5.01. The van der Waals surface area contributed by atoms with Crippen LogP contribution in [0, 0.1) is 0 Å². The van der Waals surface area contributed by atoms with Crippen LogP contribution in [0.5, 0.6) is 0 Å². The summed E-state index contributed by atoms with van der Waals surface area (Å²) in [5.41, 5.74) is 4.43. The minimum Gasteiger partial charge on any atom is -0.486 e. The summed E-state index contributed by atoms with van der Waals surface area (Å²) in [6.07, 6.45) is 9.43. The van der Waals surface area contributed by atoms with Crippen molar-refractivity contribution in [3.63, 3.8) is 0 Å². The fraction of sp³-hybridized carbons (Fsp3) is 0.706. The zero-order valence-corrected chi connectivity index (χ0v) is 15.6. The molecule has 6 nitrogen and oxygen atoms in total. The highest BCUT2D eigenvalue weighted by atomic mass is 32.2. The minimum atomic E-state index is -0.461. The molecule has 1 atom stereocenters. The monoisotopic (exact) mass is 356 g/mol. The molecule has 1 aliphatic rings. The van der Waals surface area contributed by atoms with E-state index in [1.165, 1.54) is 50.4 Å².